The van der Waals surface area contributed by atoms with Gasteiger partial charge in [-0.3, -0.25) is 4.79 Å². The second-order valence-corrected chi connectivity index (χ2v) is 11.6. The standard InChI is InChI=1S/C29H37N5O4/c1-17-5-12-23(37-15-18-6-7-18)21(13-17)24-26-25(32-16-31-24)22(14-30-26)27(35)33-19-8-10-20(11-9-19)34-28(36)38-29(2,3)4/h5,12-14,16,18-20,30H,6-11,15H2,1-4H3,(H,33,35)(H,34,36)/t19-,20-. The molecule has 0 bridgehead atoms. The Kier molecular flexibility index (Phi) is 7.27. The van der Waals surface area contributed by atoms with Crippen molar-refractivity contribution >= 4 is 23.0 Å². The number of hydrogen-bond acceptors (Lipinski definition) is 6. The van der Waals surface area contributed by atoms with E-state index >= 15 is 0 Å². The maximum absolute atomic E-state index is 13.3. The van der Waals surface area contributed by atoms with E-state index in [1.54, 1.807) is 6.20 Å². The predicted octanol–water partition coefficient (Wildman–Crippen LogP) is 5.29. The number of H-pyrrole nitrogens is 1. The Morgan fingerprint density at radius 3 is 2.42 bits per heavy atom. The van der Waals surface area contributed by atoms with Gasteiger partial charge in [0.15, 0.2) is 0 Å². The van der Waals surface area contributed by atoms with E-state index in [9.17, 15) is 9.59 Å². The Balaban J connectivity index is 1.26. The number of aromatic nitrogens is 3. The molecule has 0 radical (unpaired) electrons. The number of nitrogens with zero attached hydrogens (tertiary/aromatic N) is 2. The van der Waals surface area contributed by atoms with Gasteiger partial charge in [0.2, 0.25) is 0 Å². The van der Waals surface area contributed by atoms with E-state index in [2.05, 4.69) is 31.7 Å². The Hall–Kier alpha value is -3.62. The molecule has 2 amide bonds. The van der Waals surface area contributed by atoms with Crippen molar-refractivity contribution in [3.63, 3.8) is 0 Å². The van der Waals surface area contributed by atoms with Gasteiger partial charge in [0, 0.05) is 23.8 Å². The molecule has 2 aromatic heterocycles. The van der Waals surface area contributed by atoms with Crippen molar-refractivity contribution in [1.29, 1.82) is 0 Å². The lowest BCUT2D eigenvalue weighted by Gasteiger charge is -2.30. The van der Waals surface area contributed by atoms with Gasteiger partial charge in [-0.15, -0.1) is 0 Å². The van der Waals surface area contributed by atoms with Gasteiger partial charge in [0.05, 0.1) is 17.7 Å². The minimum Gasteiger partial charge on any atom is -0.493 e. The third-order valence-corrected chi connectivity index (χ3v) is 7.05. The van der Waals surface area contributed by atoms with E-state index in [4.69, 9.17) is 9.47 Å². The van der Waals surface area contributed by atoms with Crippen LogP contribution in [0.1, 0.15) is 75.2 Å². The maximum atomic E-state index is 13.3. The molecule has 202 valence electrons. The summed E-state index contributed by atoms with van der Waals surface area (Å²) in [7, 11) is 0. The zero-order chi connectivity index (χ0) is 26.9. The smallest absolute Gasteiger partial charge is 0.407 e. The number of amides is 2. The van der Waals surface area contributed by atoms with E-state index in [0.717, 1.165) is 48.3 Å². The van der Waals surface area contributed by atoms with Gasteiger partial charge in [-0.1, -0.05) is 11.6 Å². The summed E-state index contributed by atoms with van der Waals surface area (Å²) >= 11 is 0. The summed E-state index contributed by atoms with van der Waals surface area (Å²) < 4.78 is 11.5. The molecule has 2 saturated carbocycles. The van der Waals surface area contributed by atoms with Crippen LogP contribution in [0.3, 0.4) is 0 Å². The first-order valence-corrected chi connectivity index (χ1v) is 13.5. The van der Waals surface area contributed by atoms with Gasteiger partial charge >= 0.3 is 6.09 Å². The van der Waals surface area contributed by atoms with Gasteiger partial charge in [0.1, 0.15) is 28.9 Å². The molecule has 0 atom stereocenters. The molecule has 0 unspecified atom stereocenters. The molecule has 2 fully saturated rings. The van der Waals surface area contributed by atoms with Crippen molar-refractivity contribution in [2.45, 2.75) is 83.9 Å². The SMILES string of the molecule is Cc1ccc(OCC2CC2)c(-c2ncnc3c(C(=O)N[C@H]4CC[C@H](NC(=O)OC(C)(C)C)CC4)c[nH]c23)c1. The second kappa shape index (κ2) is 10.6. The number of carbonyl (C=O) groups is 2. The van der Waals surface area contributed by atoms with Crippen LogP contribution in [0.5, 0.6) is 5.75 Å². The lowest BCUT2D eigenvalue weighted by molar-refractivity contribution is 0.0488. The fourth-order valence-electron chi connectivity index (χ4n) is 4.88. The zero-order valence-corrected chi connectivity index (χ0v) is 22.6. The first-order valence-electron chi connectivity index (χ1n) is 13.5. The normalized spacial score (nSPS) is 19.7. The fraction of sp³-hybridized carbons (Fsp3) is 0.517. The fourth-order valence-corrected chi connectivity index (χ4v) is 4.88. The lowest BCUT2D eigenvalue weighted by atomic mass is 9.91. The summed E-state index contributed by atoms with van der Waals surface area (Å²) in [5.41, 5.74) is 3.98. The van der Waals surface area contributed by atoms with Gasteiger partial charge in [0.25, 0.3) is 5.91 Å². The van der Waals surface area contributed by atoms with Crippen molar-refractivity contribution in [3.05, 3.63) is 41.9 Å². The summed E-state index contributed by atoms with van der Waals surface area (Å²) in [4.78, 5) is 37.6. The minimum atomic E-state index is -0.525. The number of aryl methyl sites for hydroxylation is 1. The molecule has 0 spiro atoms. The molecule has 0 aliphatic heterocycles. The number of alkyl carbamates (subject to hydrolysis) is 1. The van der Waals surface area contributed by atoms with Crippen molar-refractivity contribution in [1.82, 2.24) is 25.6 Å². The van der Waals surface area contributed by atoms with Crippen LogP contribution in [0.25, 0.3) is 22.3 Å². The third kappa shape index (κ3) is 6.26. The van der Waals surface area contributed by atoms with Crippen LogP contribution >= 0.6 is 0 Å². The second-order valence-electron chi connectivity index (χ2n) is 11.6. The van der Waals surface area contributed by atoms with Gasteiger partial charge in [-0.25, -0.2) is 14.8 Å². The Morgan fingerprint density at radius 2 is 1.74 bits per heavy atom. The van der Waals surface area contributed by atoms with Crippen molar-refractivity contribution in [2.75, 3.05) is 6.61 Å². The summed E-state index contributed by atoms with van der Waals surface area (Å²) in [5.74, 6) is 1.26. The number of hydrogen-bond donors (Lipinski definition) is 3. The molecule has 0 saturated heterocycles. The van der Waals surface area contributed by atoms with Crippen LogP contribution in [-0.4, -0.2) is 51.2 Å². The number of aromatic amines is 1. The largest absolute Gasteiger partial charge is 0.493 e. The van der Waals surface area contributed by atoms with E-state index < -0.39 is 11.7 Å². The Bertz CT molecular complexity index is 1320. The van der Waals surface area contributed by atoms with Gasteiger partial charge in [-0.2, -0.15) is 0 Å². The molecule has 2 heterocycles. The first-order chi connectivity index (χ1) is 18.2. The lowest BCUT2D eigenvalue weighted by Crippen LogP contribution is -2.45. The van der Waals surface area contributed by atoms with Crippen LogP contribution < -0.4 is 15.4 Å². The average molecular weight is 520 g/mol. The molecule has 2 aliphatic rings. The van der Waals surface area contributed by atoms with Crippen LogP contribution in [0.2, 0.25) is 0 Å². The third-order valence-electron chi connectivity index (χ3n) is 7.05. The molecule has 1 aromatic carbocycles. The van der Waals surface area contributed by atoms with Crippen molar-refractivity contribution in [2.24, 2.45) is 5.92 Å². The molecule has 9 nitrogen and oxygen atoms in total. The number of nitrogens with one attached hydrogen (secondary N) is 3. The topological polar surface area (TPSA) is 118 Å². The molecule has 38 heavy (non-hydrogen) atoms. The Morgan fingerprint density at radius 1 is 1.03 bits per heavy atom. The molecule has 2 aliphatic carbocycles. The number of benzene rings is 1. The summed E-state index contributed by atoms with van der Waals surface area (Å²) in [5, 5.41) is 6.10. The highest BCUT2D eigenvalue weighted by Gasteiger charge is 2.27. The van der Waals surface area contributed by atoms with Crippen molar-refractivity contribution < 1.29 is 19.1 Å². The first kappa shape index (κ1) is 26.0. The highest BCUT2D eigenvalue weighted by Crippen LogP contribution is 2.36. The molecular formula is C29H37N5O4. The maximum Gasteiger partial charge on any atom is 0.407 e. The summed E-state index contributed by atoms with van der Waals surface area (Å²) in [6, 6.07) is 6.17. The monoisotopic (exact) mass is 519 g/mol. The van der Waals surface area contributed by atoms with Gasteiger partial charge < -0.3 is 25.1 Å². The van der Waals surface area contributed by atoms with Crippen LogP contribution in [0, 0.1) is 12.8 Å². The highest BCUT2D eigenvalue weighted by molar-refractivity contribution is 6.08. The highest BCUT2D eigenvalue weighted by atomic mass is 16.6. The van der Waals surface area contributed by atoms with Crippen LogP contribution in [0.15, 0.2) is 30.7 Å². The average Bonchev–Trinajstić information content (AvgIpc) is 3.58. The summed E-state index contributed by atoms with van der Waals surface area (Å²) in [6.07, 6.45) is 8.36. The zero-order valence-electron chi connectivity index (χ0n) is 22.6. The number of ether oxygens (including phenoxy) is 2. The van der Waals surface area contributed by atoms with E-state index in [0.29, 0.717) is 29.1 Å². The number of fused-ring (bicyclic) bond motifs is 1. The summed E-state index contributed by atoms with van der Waals surface area (Å²) in [6.45, 7) is 8.29. The molecule has 3 N–H and O–H groups in total. The van der Waals surface area contributed by atoms with Crippen LogP contribution in [0.4, 0.5) is 4.79 Å². The number of carbonyl (C=O) groups excluding carboxylic acids is 2. The number of rotatable bonds is 7. The van der Waals surface area contributed by atoms with E-state index in [1.807, 2.05) is 39.8 Å². The molecular weight excluding hydrogens is 482 g/mol. The van der Waals surface area contributed by atoms with Gasteiger partial charge in [-0.05, 0) is 84.3 Å². The Labute approximate surface area is 223 Å². The van der Waals surface area contributed by atoms with E-state index in [1.165, 1.54) is 19.2 Å². The predicted molar refractivity (Wildman–Crippen MR) is 145 cm³/mol. The molecule has 9 heteroatoms. The van der Waals surface area contributed by atoms with E-state index in [-0.39, 0.29) is 18.0 Å². The minimum absolute atomic E-state index is 0.0321. The molecule has 5 rings (SSSR count). The van der Waals surface area contributed by atoms with Crippen LogP contribution in [-0.2, 0) is 4.74 Å². The molecule has 3 aromatic rings. The van der Waals surface area contributed by atoms with Crippen molar-refractivity contribution in [3.8, 4) is 17.0 Å². The quantitative estimate of drug-likeness (QED) is 0.390.